The van der Waals surface area contributed by atoms with Gasteiger partial charge in [0, 0.05) is 5.57 Å². The minimum Gasteiger partial charge on any atom is -0.462 e. The highest BCUT2D eigenvalue weighted by Gasteiger charge is 2.50. The maximum atomic E-state index is 11.5. The monoisotopic (exact) mass is 432 g/mol. The van der Waals surface area contributed by atoms with Crippen LogP contribution in [0.15, 0.2) is 12.2 Å². The second-order valence-corrected chi connectivity index (χ2v) is 23.3. The van der Waals surface area contributed by atoms with Crippen LogP contribution in [0, 0.1) is 0 Å². The lowest BCUT2D eigenvalue weighted by Gasteiger charge is -2.48. The number of rotatable bonds is 12. The van der Waals surface area contributed by atoms with Crippen molar-refractivity contribution in [3.8, 4) is 0 Å². The van der Waals surface area contributed by atoms with Gasteiger partial charge in [0.15, 0.2) is 16.6 Å². The molecular formula is C20H44O4Si3. The molecule has 0 aliphatic heterocycles. The molecule has 0 amide bonds. The summed E-state index contributed by atoms with van der Waals surface area (Å²) in [6.45, 7) is 28.5. The summed E-state index contributed by atoms with van der Waals surface area (Å²) in [5.41, 5.74) is 2.11. The molecule has 160 valence electrons. The predicted octanol–water partition coefficient (Wildman–Crippen LogP) is 6.61. The number of ether oxygens (including phenoxy) is 1. The highest BCUT2D eigenvalue weighted by atomic mass is 28.5. The molecule has 0 fully saturated rings. The zero-order valence-electron chi connectivity index (χ0n) is 19.7. The van der Waals surface area contributed by atoms with Crippen molar-refractivity contribution in [1.82, 2.24) is 0 Å². The van der Waals surface area contributed by atoms with Crippen molar-refractivity contribution in [1.29, 1.82) is 0 Å². The third kappa shape index (κ3) is 8.35. The number of carbonyl (C=O) groups is 1. The third-order valence-corrected chi connectivity index (χ3v) is 19.7. The number of hydrogen-bond donors (Lipinski definition) is 0. The Balaban J connectivity index is 4.99. The minimum atomic E-state index is -2.26. The van der Waals surface area contributed by atoms with Crippen LogP contribution in [-0.2, 0) is 17.8 Å². The molecule has 0 aliphatic rings. The summed E-state index contributed by atoms with van der Waals surface area (Å²) in [6, 6.07) is 0.954. The molecule has 0 aromatic carbocycles. The molecule has 0 rings (SSSR count). The second kappa shape index (κ2) is 10.5. The van der Waals surface area contributed by atoms with Gasteiger partial charge in [-0.15, -0.1) is 0 Å². The van der Waals surface area contributed by atoms with Crippen LogP contribution >= 0.6 is 0 Å². The molecule has 0 heterocycles. The van der Waals surface area contributed by atoms with Crippen LogP contribution in [0.4, 0.5) is 0 Å². The summed E-state index contributed by atoms with van der Waals surface area (Å²) < 4.78 is 19.0. The van der Waals surface area contributed by atoms with Gasteiger partial charge in [0.2, 0.25) is 0 Å². The summed E-state index contributed by atoms with van der Waals surface area (Å²) in [6.07, 6.45) is 0.823. The summed E-state index contributed by atoms with van der Waals surface area (Å²) in [7, 11) is -6.11. The van der Waals surface area contributed by atoms with Gasteiger partial charge < -0.3 is 13.0 Å². The first-order valence-corrected chi connectivity index (χ1v) is 18.4. The SMILES string of the molecule is C=C(C)C(=O)OCCC[Si](C)(C)O[Si](C)(C)O[Si](C(C)C)(C(C)C)C(C)C. The van der Waals surface area contributed by atoms with Crippen molar-refractivity contribution in [2.24, 2.45) is 0 Å². The lowest BCUT2D eigenvalue weighted by atomic mass is 10.4. The first-order valence-electron chi connectivity index (χ1n) is 10.3. The molecular weight excluding hydrogens is 388 g/mol. The Hall–Kier alpha value is -0.219. The Bertz CT molecular complexity index is 478. The van der Waals surface area contributed by atoms with E-state index >= 15 is 0 Å². The van der Waals surface area contributed by atoms with Gasteiger partial charge in [-0.2, -0.15) is 0 Å². The van der Waals surface area contributed by atoms with Crippen molar-refractivity contribution < 1.29 is 17.8 Å². The first kappa shape index (κ1) is 26.8. The molecule has 0 atom stereocenters. The van der Waals surface area contributed by atoms with E-state index in [1.807, 2.05) is 0 Å². The molecule has 0 aliphatic carbocycles. The standard InChI is InChI=1S/C20H44O4Si3/c1-16(2)20(21)22-14-13-15-25(9,10)23-26(11,12)24-27(17(3)4,18(5)6)19(7)8/h17-19H,1,13-15H2,2-12H3. The van der Waals surface area contributed by atoms with Gasteiger partial charge in [0.1, 0.15) is 0 Å². The summed E-state index contributed by atoms with van der Waals surface area (Å²) in [5.74, 6) is -0.310. The average Bonchev–Trinajstić information content (AvgIpc) is 2.46. The zero-order valence-corrected chi connectivity index (χ0v) is 22.7. The summed E-state index contributed by atoms with van der Waals surface area (Å²) >= 11 is 0. The van der Waals surface area contributed by atoms with Gasteiger partial charge in [0.05, 0.1) is 6.61 Å². The fraction of sp³-hybridized carbons (Fsp3) is 0.850. The topological polar surface area (TPSA) is 44.8 Å². The molecule has 7 heteroatoms. The van der Waals surface area contributed by atoms with E-state index in [0.717, 1.165) is 12.5 Å². The maximum Gasteiger partial charge on any atom is 0.333 e. The predicted molar refractivity (Wildman–Crippen MR) is 123 cm³/mol. The molecule has 4 nitrogen and oxygen atoms in total. The van der Waals surface area contributed by atoms with Crippen LogP contribution in [0.2, 0.25) is 48.9 Å². The maximum absolute atomic E-state index is 11.5. The van der Waals surface area contributed by atoms with Crippen LogP contribution in [-0.4, -0.2) is 37.8 Å². The van der Waals surface area contributed by atoms with E-state index in [4.69, 9.17) is 13.0 Å². The van der Waals surface area contributed by atoms with E-state index < -0.39 is 25.2 Å². The highest BCUT2D eigenvalue weighted by Crippen LogP contribution is 2.44. The van der Waals surface area contributed by atoms with Gasteiger partial charge in [0.25, 0.3) is 0 Å². The largest absolute Gasteiger partial charge is 0.462 e. The molecule has 0 unspecified atom stereocenters. The molecule has 0 saturated carbocycles. The molecule has 0 saturated heterocycles. The van der Waals surface area contributed by atoms with E-state index in [0.29, 0.717) is 28.8 Å². The van der Waals surface area contributed by atoms with Crippen LogP contribution in [0.25, 0.3) is 0 Å². The van der Waals surface area contributed by atoms with Crippen molar-refractivity contribution in [3.63, 3.8) is 0 Å². The van der Waals surface area contributed by atoms with Crippen molar-refractivity contribution in [3.05, 3.63) is 12.2 Å². The van der Waals surface area contributed by atoms with Gasteiger partial charge in [-0.05, 0) is 62.2 Å². The van der Waals surface area contributed by atoms with Crippen LogP contribution in [0.3, 0.4) is 0 Å². The van der Waals surface area contributed by atoms with Crippen LogP contribution < -0.4 is 0 Å². The first-order chi connectivity index (χ1) is 12.1. The fourth-order valence-electron chi connectivity index (χ4n) is 4.30. The van der Waals surface area contributed by atoms with E-state index in [2.05, 4.69) is 74.3 Å². The molecule has 0 radical (unpaired) electrons. The van der Waals surface area contributed by atoms with E-state index in [1.54, 1.807) is 6.92 Å². The lowest BCUT2D eigenvalue weighted by molar-refractivity contribution is -0.138. The van der Waals surface area contributed by atoms with Crippen molar-refractivity contribution in [2.75, 3.05) is 6.61 Å². The molecule has 0 spiro atoms. The Labute approximate surface area is 171 Å². The van der Waals surface area contributed by atoms with Gasteiger partial charge in [-0.25, -0.2) is 4.79 Å². The number of hydrogen-bond acceptors (Lipinski definition) is 4. The summed E-state index contributed by atoms with van der Waals surface area (Å²) in [4.78, 5) is 11.5. The zero-order chi connectivity index (χ0) is 21.6. The Kier molecular flexibility index (Phi) is 10.4. The average molecular weight is 433 g/mol. The summed E-state index contributed by atoms with van der Waals surface area (Å²) in [5, 5.41) is 0. The van der Waals surface area contributed by atoms with E-state index in [-0.39, 0.29) is 5.97 Å². The van der Waals surface area contributed by atoms with E-state index in [9.17, 15) is 4.79 Å². The highest BCUT2D eigenvalue weighted by molar-refractivity contribution is 6.90. The Morgan fingerprint density at radius 1 is 0.889 bits per heavy atom. The molecule has 0 bridgehead atoms. The lowest BCUT2D eigenvalue weighted by Crippen LogP contribution is -2.58. The smallest absolute Gasteiger partial charge is 0.333 e. The number of esters is 1. The third-order valence-electron chi connectivity index (χ3n) is 5.16. The Morgan fingerprint density at radius 3 is 1.70 bits per heavy atom. The van der Waals surface area contributed by atoms with Gasteiger partial charge in [-0.3, -0.25) is 0 Å². The van der Waals surface area contributed by atoms with Gasteiger partial charge >= 0.3 is 14.5 Å². The second-order valence-electron chi connectivity index (χ2n) is 9.70. The van der Waals surface area contributed by atoms with Crippen LogP contribution in [0.1, 0.15) is 54.9 Å². The van der Waals surface area contributed by atoms with Crippen molar-refractivity contribution >= 4 is 31.2 Å². The molecule has 0 aromatic rings. The van der Waals surface area contributed by atoms with Crippen molar-refractivity contribution in [2.45, 2.75) is 104 Å². The normalized spacial score (nSPS) is 13.6. The fourth-order valence-corrected chi connectivity index (χ4v) is 21.8. The molecule has 27 heavy (non-hydrogen) atoms. The van der Waals surface area contributed by atoms with E-state index in [1.165, 1.54) is 0 Å². The minimum absolute atomic E-state index is 0.310. The number of carbonyl (C=O) groups excluding carboxylic acids is 1. The molecule has 0 N–H and O–H groups in total. The van der Waals surface area contributed by atoms with Crippen LogP contribution in [0.5, 0.6) is 0 Å². The quantitative estimate of drug-likeness (QED) is 0.151. The molecule has 0 aromatic heterocycles. The Morgan fingerprint density at radius 2 is 1.33 bits per heavy atom. The van der Waals surface area contributed by atoms with Gasteiger partial charge in [-0.1, -0.05) is 48.1 Å².